The maximum atomic E-state index is 4.52. The molecular weight excluding hydrogens is 427 g/mol. The largest absolute Gasteiger partial charge is 0.356 e. The molecule has 6 nitrogen and oxygen atoms in total. The molecule has 7 heteroatoms. The molecule has 4 rings (SSSR count). The zero-order chi connectivity index (χ0) is 16.4. The molecule has 3 fully saturated rings. The fraction of sp³-hybridized carbons (Fsp3) is 0.722. The summed E-state index contributed by atoms with van der Waals surface area (Å²) in [6.45, 7) is 4.92. The maximum absolute atomic E-state index is 4.52. The zero-order valence-corrected chi connectivity index (χ0v) is 17.3. The molecular formula is C18H29IN6. The minimum Gasteiger partial charge on any atom is -0.356 e. The molecule has 25 heavy (non-hydrogen) atoms. The predicted molar refractivity (Wildman–Crippen MR) is 112 cm³/mol. The van der Waals surface area contributed by atoms with Gasteiger partial charge in [-0.05, 0) is 49.5 Å². The fourth-order valence-electron chi connectivity index (χ4n) is 3.88. The van der Waals surface area contributed by atoms with E-state index in [0.717, 1.165) is 62.4 Å². The van der Waals surface area contributed by atoms with Crippen LogP contribution in [0.25, 0.3) is 0 Å². The highest BCUT2D eigenvalue weighted by atomic mass is 127. The van der Waals surface area contributed by atoms with Crippen LogP contribution in [-0.4, -0.2) is 60.6 Å². The lowest BCUT2D eigenvalue weighted by Gasteiger charge is -2.36. The van der Waals surface area contributed by atoms with Crippen molar-refractivity contribution in [3.8, 4) is 0 Å². The number of hydrogen-bond acceptors (Lipinski definition) is 4. The molecule has 138 valence electrons. The van der Waals surface area contributed by atoms with Crippen LogP contribution >= 0.6 is 24.0 Å². The summed E-state index contributed by atoms with van der Waals surface area (Å²) in [4.78, 5) is 17.9. The van der Waals surface area contributed by atoms with Crippen molar-refractivity contribution in [2.75, 3.05) is 44.7 Å². The first-order valence-electron chi connectivity index (χ1n) is 9.32. The van der Waals surface area contributed by atoms with Gasteiger partial charge in [0.25, 0.3) is 0 Å². The fourth-order valence-corrected chi connectivity index (χ4v) is 3.88. The third-order valence-corrected chi connectivity index (χ3v) is 5.58. The molecule has 2 heterocycles. The molecule has 1 aliphatic heterocycles. The van der Waals surface area contributed by atoms with Crippen molar-refractivity contribution in [3.05, 3.63) is 18.5 Å². The number of anilines is 1. The van der Waals surface area contributed by atoms with Crippen molar-refractivity contribution in [1.29, 1.82) is 0 Å². The quantitative estimate of drug-likeness (QED) is 0.419. The van der Waals surface area contributed by atoms with Gasteiger partial charge in [-0.15, -0.1) is 24.0 Å². The van der Waals surface area contributed by atoms with Crippen molar-refractivity contribution in [2.24, 2.45) is 22.7 Å². The monoisotopic (exact) mass is 456 g/mol. The Balaban J connectivity index is 0.00000182. The molecule has 0 radical (unpaired) electrons. The summed E-state index contributed by atoms with van der Waals surface area (Å²) in [7, 11) is 1.90. The highest BCUT2D eigenvalue weighted by Gasteiger charge is 2.41. The normalized spacial score (nSPS) is 21.3. The Morgan fingerprint density at radius 3 is 2.24 bits per heavy atom. The van der Waals surface area contributed by atoms with Crippen LogP contribution in [0.4, 0.5) is 5.95 Å². The van der Waals surface area contributed by atoms with Crippen LogP contribution in [-0.2, 0) is 0 Å². The van der Waals surface area contributed by atoms with Gasteiger partial charge in [0.15, 0.2) is 5.96 Å². The molecule has 0 atom stereocenters. The Morgan fingerprint density at radius 1 is 1.12 bits per heavy atom. The summed E-state index contributed by atoms with van der Waals surface area (Å²) in [5.41, 5.74) is 0. The Bertz CT molecular complexity index is 552. The molecule has 2 saturated carbocycles. The second-order valence-corrected chi connectivity index (χ2v) is 7.29. The Hall–Kier alpha value is -1.12. The molecule has 1 aromatic heterocycles. The summed E-state index contributed by atoms with van der Waals surface area (Å²) in [6.07, 6.45) is 9.39. The third kappa shape index (κ3) is 4.74. The van der Waals surface area contributed by atoms with E-state index in [4.69, 9.17) is 0 Å². The highest BCUT2D eigenvalue weighted by molar-refractivity contribution is 14.0. The second-order valence-electron chi connectivity index (χ2n) is 7.29. The number of nitrogens with zero attached hydrogens (tertiary/aromatic N) is 5. The van der Waals surface area contributed by atoms with Gasteiger partial charge in [0, 0.05) is 52.2 Å². The van der Waals surface area contributed by atoms with Crippen molar-refractivity contribution in [3.63, 3.8) is 0 Å². The topological polar surface area (TPSA) is 56.7 Å². The molecule has 1 aromatic rings. The van der Waals surface area contributed by atoms with Gasteiger partial charge in [0.05, 0.1) is 0 Å². The van der Waals surface area contributed by atoms with Gasteiger partial charge in [0.2, 0.25) is 5.95 Å². The van der Waals surface area contributed by atoms with Gasteiger partial charge in [-0.3, -0.25) is 4.99 Å². The van der Waals surface area contributed by atoms with E-state index in [9.17, 15) is 0 Å². The molecule has 0 aromatic carbocycles. The summed E-state index contributed by atoms with van der Waals surface area (Å²) < 4.78 is 0. The second kappa shape index (κ2) is 8.51. The Kier molecular flexibility index (Phi) is 6.35. The van der Waals surface area contributed by atoms with E-state index in [0.29, 0.717) is 0 Å². The number of aliphatic imine (C=N–C) groups is 1. The first kappa shape index (κ1) is 18.7. The minimum absolute atomic E-state index is 0. The van der Waals surface area contributed by atoms with Crippen LogP contribution in [0.3, 0.4) is 0 Å². The molecule has 0 amide bonds. The lowest BCUT2D eigenvalue weighted by molar-refractivity contribution is 0.352. The lowest BCUT2D eigenvalue weighted by Crippen LogP contribution is -2.53. The van der Waals surface area contributed by atoms with E-state index in [1.54, 1.807) is 0 Å². The molecule has 3 aliphatic rings. The van der Waals surface area contributed by atoms with Crippen molar-refractivity contribution in [1.82, 2.24) is 20.2 Å². The van der Waals surface area contributed by atoms with Crippen LogP contribution in [0.15, 0.2) is 23.5 Å². The van der Waals surface area contributed by atoms with Crippen LogP contribution in [0, 0.1) is 17.8 Å². The molecule has 1 N–H and O–H groups in total. The molecule has 2 aliphatic carbocycles. The van der Waals surface area contributed by atoms with E-state index >= 15 is 0 Å². The zero-order valence-electron chi connectivity index (χ0n) is 15.0. The number of guanidine groups is 1. The lowest BCUT2D eigenvalue weighted by atomic mass is 9.98. The summed E-state index contributed by atoms with van der Waals surface area (Å²) in [6, 6.07) is 1.86. The molecule has 1 saturated heterocycles. The van der Waals surface area contributed by atoms with E-state index in [1.807, 2.05) is 25.5 Å². The van der Waals surface area contributed by atoms with Crippen molar-refractivity contribution in [2.45, 2.75) is 25.7 Å². The Morgan fingerprint density at radius 2 is 1.72 bits per heavy atom. The molecule has 0 spiro atoms. The number of aromatic nitrogens is 2. The first-order valence-corrected chi connectivity index (χ1v) is 9.32. The standard InChI is InChI=1S/C18H28N6.HI/c1-19-17(22-13-16(14-3-4-14)15-5-6-15)23-9-11-24(12-10-23)18-20-7-2-8-21-18;/h2,7-8,14-16H,3-6,9-13H2,1H3,(H,19,22);1H. The van der Waals surface area contributed by atoms with E-state index in [2.05, 4.69) is 30.1 Å². The van der Waals surface area contributed by atoms with Gasteiger partial charge in [-0.25, -0.2) is 9.97 Å². The summed E-state index contributed by atoms with van der Waals surface area (Å²) in [5, 5.41) is 3.66. The SMILES string of the molecule is CN=C(NCC(C1CC1)C1CC1)N1CCN(c2ncccn2)CC1.I. The average molecular weight is 456 g/mol. The van der Waals surface area contributed by atoms with Gasteiger partial charge < -0.3 is 15.1 Å². The van der Waals surface area contributed by atoms with Crippen LogP contribution in [0.5, 0.6) is 0 Å². The van der Waals surface area contributed by atoms with Gasteiger partial charge in [-0.1, -0.05) is 0 Å². The first-order chi connectivity index (χ1) is 11.8. The highest BCUT2D eigenvalue weighted by Crippen LogP contribution is 2.48. The number of rotatable bonds is 5. The maximum Gasteiger partial charge on any atom is 0.225 e. The van der Waals surface area contributed by atoms with Gasteiger partial charge in [-0.2, -0.15) is 0 Å². The van der Waals surface area contributed by atoms with E-state index in [1.165, 1.54) is 25.7 Å². The Labute approximate surface area is 167 Å². The van der Waals surface area contributed by atoms with Crippen LogP contribution < -0.4 is 10.2 Å². The number of hydrogen-bond donors (Lipinski definition) is 1. The summed E-state index contributed by atoms with van der Waals surface area (Å²) in [5.74, 6) is 4.74. The van der Waals surface area contributed by atoms with Crippen LogP contribution in [0.2, 0.25) is 0 Å². The predicted octanol–water partition coefficient (Wildman–Crippen LogP) is 2.23. The van der Waals surface area contributed by atoms with Gasteiger partial charge in [0.1, 0.15) is 0 Å². The third-order valence-electron chi connectivity index (χ3n) is 5.58. The van der Waals surface area contributed by atoms with Gasteiger partial charge >= 0.3 is 0 Å². The smallest absolute Gasteiger partial charge is 0.225 e. The number of nitrogens with one attached hydrogen (secondary N) is 1. The minimum atomic E-state index is 0. The van der Waals surface area contributed by atoms with Crippen molar-refractivity contribution < 1.29 is 0 Å². The molecule has 0 unspecified atom stereocenters. The van der Waals surface area contributed by atoms with Crippen molar-refractivity contribution >= 4 is 35.9 Å². The summed E-state index contributed by atoms with van der Waals surface area (Å²) >= 11 is 0. The van der Waals surface area contributed by atoms with E-state index < -0.39 is 0 Å². The number of halogens is 1. The average Bonchev–Trinajstić information content (AvgIpc) is 3.54. The molecule has 0 bridgehead atoms. The number of piperazine rings is 1. The van der Waals surface area contributed by atoms with Crippen LogP contribution in [0.1, 0.15) is 25.7 Å². The van der Waals surface area contributed by atoms with E-state index in [-0.39, 0.29) is 24.0 Å².